The van der Waals surface area contributed by atoms with Crippen molar-refractivity contribution in [3.63, 3.8) is 0 Å². The van der Waals surface area contributed by atoms with E-state index in [1.165, 1.54) is 11.3 Å². The van der Waals surface area contributed by atoms with Crippen LogP contribution in [0, 0.1) is 6.92 Å². The minimum atomic E-state index is 0.0235. The summed E-state index contributed by atoms with van der Waals surface area (Å²) in [5, 5.41) is 2.97. The van der Waals surface area contributed by atoms with Gasteiger partial charge in [-0.2, -0.15) is 11.8 Å². The molecule has 1 N–H and O–H groups in total. The van der Waals surface area contributed by atoms with Gasteiger partial charge < -0.3 is 5.32 Å². The minimum absolute atomic E-state index is 0.0235. The summed E-state index contributed by atoms with van der Waals surface area (Å²) in [6.45, 7) is 4.01. The zero-order valence-corrected chi connectivity index (χ0v) is 12.2. The number of rotatable bonds is 4. The summed E-state index contributed by atoms with van der Waals surface area (Å²) in [7, 11) is 0. The molecule has 0 bridgehead atoms. The van der Waals surface area contributed by atoms with E-state index < -0.39 is 0 Å². The fraction of sp³-hybridized carbons (Fsp3) is 0.500. The Morgan fingerprint density at radius 3 is 2.87 bits per heavy atom. The van der Waals surface area contributed by atoms with E-state index in [2.05, 4.69) is 21.2 Å². The summed E-state index contributed by atoms with van der Waals surface area (Å²) in [6, 6.07) is 2.13. The normalized spacial score (nSPS) is 12.5. The van der Waals surface area contributed by atoms with Crippen molar-refractivity contribution in [1.29, 1.82) is 0 Å². The zero-order chi connectivity index (χ0) is 11.4. The second-order valence-corrected chi connectivity index (χ2v) is 6.68. The molecule has 1 unspecified atom stereocenters. The van der Waals surface area contributed by atoms with Gasteiger partial charge in [0.05, 0.1) is 8.66 Å². The summed E-state index contributed by atoms with van der Waals surface area (Å²) in [5.41, 5.74) is 1.11. The Morgan fingerprint density at radius 2 is 2.40 bits per heavy atom. The quantitative estimate of drug-likeness (QED) is 0.924. The molecule has 1 rings (SSSR count). The van der Waals surface area contributed by atoms with Crippen LogP contribution in [-0.2, 0) is 0 Å². The fourth-order valence-corrected chi connectivity index (χ4v) is 3.18. The molecule has 0 aliphatic heterocycles. The number of hydrogen-bond donors (Lipinski definition) is 1. The molecular weight excluding hydrogens is 294 g/mol. The standard InChI is InChI=1S/C10H14BrNOS2/c1-6-4-8(15-9(6)11)10(13)12-7(2)5-14-3/h4,7H,5H2,1-3H3,(H,12,13). The smallest absolute Gasteiger partial charge is 0.261 e. The molecule has 0 aliphatic carbocycles. The van der Waals surface area contributed by atoms with Gasteiger partial charge in [-0.3, -0.25) is 4.79 Å². The van der Waals surface area contributed by atoms with Gasteiger partial charge in [0.2, 0.25) is 0 Å². The second-order valence-electron chi connectivity index (χ2n) is 3.40. The lowest BCUT2D eigenvalue weighted by Gasteiger charge is -2.10. The Hall–Kier alpha value is -0.0000000000000000833. The number of halogens is 1. The van der Waals surface area contributed by atoms with Gasteiger partial charge in [-0.1, -0.05) is 0 Å². The molecular formula is C10H14BrNOS2. The molecule has 15 heavy (non-hydrogen) atoms. The fourth-order valence-electron chi connectivity index (χ4n) is 1.16. The molecule has 5 heteroatoms. The van der Waals surface area contributed by atoms with E-state index in [0.29, 0.717) is 0 Å². The number of thiophene rings is 1. The van der Waals surface area contributed by atoms with Gasteiger partial charge in [0, 0.05) is 11.8 Å². The Kier molecular flexibility index (Phi) is 5.15. The van der Waals surface area contributed by atoms with E-state index in [-0.39, 0.29) is 11.9 Å². The largest absolute Gasteiger partial charge is 0.348 e. The highest BCUT2D eigenvalue weighted by molar-refractivity contribution is 9.11. The number of nitrogens with one attached hydrogen (secondary N) is 1. The lowest BCUT2D eigenvalue weighted by molar-refractivity contribution is 0.0948. The van der Waals surface area contributed by atoms with Crippen molar-refractivity contribution < 1.29 is 4.79 Å². The third-order valence-electron chi connectivity index (χ3n) is 1.88. The average molecular weight is 308 g/mol. The molecule has 1 amide bonds. The summed E-state index contributed by atoms with van der Waals surface area (Å²) in [5.74, 6) is 0.965. The van der Waals surface area contributed by atoms with Crippen molar-refractivity contribution >= 4 is 44.9 Å². The molecule has 0 spiro atoms. The first-order valence-corrected chi connectivity index (χ1v) is 7.60. The molecule has 2 nitrogen and oxygen atoms in total. The van der Waals surface area contributed by atoms with Crippen LogP contribution in [0.25, 0.3) is 0 Å². The predicted octanol–water partition coefficient (Wildman–Crippen LogP) is 3.30. The number of carbonyl (C=O) groups is 1. The zero-order valence-electron chi connectivity index (χ0n) is 8.96. The van der Waals surface area contributed by atoms with Crippen LogP contribution in [-0.4, -0.2) is 24.0 Å². The Labute approximate surface area is 107 Å². The molecule has 84 valence electrons. The van der Waals surface area contributed by atoms with Crippen LogP contribution in [0.3, 0.4) is 0 Å². The Bertz CT molecular complexity index is 332. The SMILES string of the molecule is CSCC(C)NC(=O)c1cc(C)c(Br)s1. The van der Waals surface area contributed by atoms with E-state index >= 15 is 0 Å². The van der Waals surface area contributed by atoms with Gasteiger partial charge in [0.15, 0.2) is 0 Å². The third-order valence-corrected chi connectivity index (χ3v) is 4.84. The maximum atomic E-state index is 11.8. The molecule has 1 heterocycles. The highest BCUT2D eigenvalue weighted by atomic mass is 79.9. The maximum Gasteiger partial charge on any atom is 0.261 e. The highest BCUT2D eigenvalue weighted by Gasteiger charge is 2.13. The van der Waals surface area contributed by atoms with Gasteiger partial charge >= 0.3 is 0 Å². The van der Waals surface area contributed by atoms with E-state index in [9.17, 15) is 4.79 Å². The van der Waals surface area contributed by atoms with Crippen molar-refractivity contribution in [3.05, 3.63) is 20.3 Å². The number of amides is 1. The maximum absolute atomic E-state index is 11.8. The molecule has 0 saturated heterocycles. The van der Waals surface area contributed by atoms with E-state index in [0.717, 1.165) is 20.0 Å². The summed E-state index contributed by atoms with van der Waals surface area (Å²) >= 11 is 6.63. The van der Waals surface area contributed by atoms with Crippen molar-refractivity contribution in [2.24, 2.45) is 0 Å². The highest BCUT2D eigenvalue weighted by Crippen LogP contribution is 2.27. The number of thioether (sulfide) groups is 1. The molecule has 0 aliphatic rings. The van der Waals surface area contributed by atoms with Crippen LogP contribution >= 0.6 is 39.0 Å². The van der Waals surface area contributed by atoms with Crippen molar-refractivity contribution in [2.75, 3.05) is 12.0 Å². The summed E-state index contributed by atoms with van der Waals surface area (Å²) in [6.07, 6.45) is 2.04. The van der Waals surface area contributed by atoms with Crippen molar-refractivity contribution in [2.45, 2.75) is 19.9 Å². The van der Waals surface area contributed by atoms with E-state index in [1.807, 2.05) is 26.2 Å². The molecule has 1 aromatic rings. The molecule has 0 fully saturated rings. The van der Waals surface area contributed by atoms with Crippen molar-refractivity contribution in [1.82, 2.24) is 5.32 Å². The summed E-state index contributed by atoms with van der Waals surface area (Å²) < 4.78 is 1.03. The van der Waals surface area contributed by atoms with Gasteiger partial charge in [-0.25, -0.2) is 0 Å². The van der Waals surface area contributed by atoms with Gasteiger partial charge in [-0.15, -0.1) is 11.3 Å². The molecule has 1 aromatic heterocycles. The van der Waals surface area contributed by atoms with Gasteiger partial charge in [0.1, 0.15) is 0 Å². The molecule has 0 saturated carbocycles. The van der Waals surface area contributed by atoms with E-state index in [4.69, 9.17) is 0 Å². The topological polar surface area (TPSA) is 29.1 Å². The minimum Gasteiger partial charge on any atom is -0.348 e. The second kappa shape index (κ2) is 5.92. The van der Waals surface area contributed by atoms with Crippen LogP contribution < -0.4 is 5.32 Å². The first-order valence-electron chi connectivity index (χ1n) is 4.60. The lowest BCUT2D eigenvalue weighted by Crippen LogP contribution is -2.33. The Morgan fingerprint density at radius 1 is 1.73 bits per heavy atom. The molecule has 0 radical (unpaired) electrons. The first kappa shape index (κ1) is 13.1. The van der Waals surface area contributed by atoms with Crippen LogP contribution in [0.15, 0.2) is 9.85 Å². The van der Waals surface area contributed by atoms with E-state index in [1.54, 1.807) is 11.8 Å². The molecule has 0 aromatic carbocycles. The van der Waals surface area contributed by atoms with Gasteiger partial charge in [0.25, 0.3) is 5.91 Å². The third kappa shape index (κ3) is 3.81. The molecule has 1 atom stereocenters. The predicted molar refractivity (Wildman–Crippen MR) is 72.1 cm³/mol. The number of hydrogen-bond acceptors (Lipinski definition) is 3. The number of carbonyl (C=O) groups excluding carboxylic acids is 1. The first-order chi connectivity index (χ1) is 7.04. The number of aryl methyl sites for hydroxylation is 1. The Balaban J connectivity index is 2.61. The lowest BCUT2D eigenvalue weighted by atomic mass is 10.3. The van der Waals surface area contributed by atoms with Crippen molar-refractivity contribution in [3.8, 4) is 0 Å². The van der Waals surface area contributed by atoms with Gasteiger partial charge in [-0.05, 0) is 47.7 Å². The monoisotopic (exact) mass is 307 g/mol. The summed E-state index contributed by atoms with van der Waals surface area (Å²) in [4.78, 5) is 12.5. The van der Waals surface area contributed by atoms with Crippen LogP contribution in [0.4, 0.5) is 0 Å². The van der Waals surface area contributed by atoms with Crippen LogP contribution in [0.2, 0.25) is 0 Å². The average Bonchev–Trinajstić information content (AvgIpc) is 2.47. The van der Waals surface area contributed by atoms with Crippen LogP contribution in [0.1, 0.15) is 22.2 Å². The van der Waals surface area contributed by atoms with Crippen LogP contribution in [0.5, 0.6) is 0 Å².